The minimum atomic E-state index is -0.629. The van der Waals surface area contributed by atoms with Crippen LogP contribution in [0.3, 0.4) is 0 Å². The molecule has 1 aromatic carbocycles. The zero-order valence-corrected chi connectivity index (χ0v) is 11.2. The summed E-state index contributed by atoms with van der Waals surface area (Å²) >= 11 is 3.11. The van der Waals surface area contributed by atoms with Crippen LogP contribution in [0.2, 0.25) is 0 Å². The summed E-state index contributed by atoms with van der Waals surface area (Å²) in [5, 5.41) is 13.6. The van der Waals surface area contributed by atoms with Gasteiger partial charge in [0.25, 0.3) is 0 Å². The predicted molar refractivity (Wildman–Crippen MR) is 69.3 cm³/mol. The molecule has 1 aliphatic heterocycles. The third-order valence-electron chi connectivity index (χ3n) is 3.26. The van der Waals surface area contributed by atoms with Gasteiger partial charge in [-0.25, -0.2) is 4.39 Å². The molecule has 0 aliphatic carbocycles. The number of benzene rings is 1. The first kappa shape index (κ1) is 13.0. The number of halogens is 2. The largest absolute Gasteiger partial charge is 0.387 e. The lowest BCUT2D eigenvalue weighted by atomic mass is 9.98. The molecule has 0 spiro atoms. The van der Waals surface area contributed by atoms with Crippen molar-refractivity contribution in [2.75, 3.05) is 6.54 Å². The van der Waals surface area contributed by atoms with Crippen molar-refractivity contribution in [2.24, 2.45) is 0 Å². The highest BCUT2D eigenvalue weighted by atomic mass is 79.9. The molecule has 0 amide bonds. The van der Waals surface area contributed by atoms with Gasteiger partial charge in [-0.2, -0.15) is 0 Å². The molecular formula is C13H17BrFNO. The molecule has 1 saturated heterocycles. The Bertz CT molecular complexity index is 378. The number of hydrogen-bond acceptors (Lipinski definition) is 2. The molecule has 2 rings (SSSR count). The second kappa shape index (κ2) is 5.94. The van der Waals surface area contributed by atoms with Crippen LogP contribution in [0.25, 0.3) is 0 Å². The van der Waals surface area contributed by atoms with Crippen molar-refractivity contribution in [1.29, 1.82) is 0 Å². The van der Waals surface area contributed by atoms with E-state index >= 15 is 0 Å². The first-order valence-electron chi connectivity index (χ1n) is 6.05. The van der Waals surface area contributed by atoms with E-state index in [9.17, 15) is 9.50 Å². The average Bonchev–Trinajstić information content (AvgIpc) is 2.60. The molecule has 1 heterocycles. The van der Waals surface area contributed by atoms with Crippen LogP contribution in [-0.4, -0.2) is 17.7 Å². The highest BCUT2D eigenvalue weighted by Gasteiger charge is 2.22. The highest BCUT2D eigenvalue weighted by molar-refractivity contribution is 9.10. The highest BCUT2D eigenvalue weighted by Crippen LogP contribution is 2.25. The van der Waals surface area contributed by atoms with Crippen molar-refractivity contribution in [2.45, 2.75) is 37.8 Å². The minimum absolute atomic E-state index is 0.0399. The molecule has 4 heteroatoms. The van der Waals surface area contributed by atoms with E-state index in [-0.39, 0.29) is 11.9 Å². The molecule has 0 aromatic heterocycles. The Kier molecular flexibility index (Phi) is 4.54. The Morgan fingerprint density at radius 3 is 2.94 bits per heavy atom. The van der Waals surface area contributed by atoms with Gasteiger partial charge in [-0.3, -0.25) is 0 Å². The minimum Gasteiger partial charge on any atom is -0.387 e. The fourth-order valence-electron chi connectivity index (χ4n) is 2.25. The zero-order chi connectivity index (χ0) is 12.3. The number of aliphatic hydroxyl groups excluding tert-OH is 1. The van der Waals surface area contributed by atoms with Crippen LogP contribution < -0.4 is 5.32 Å². The summed E-state index contributed by atoms with van der Waals surface area (Å²) in [6.45, 7) is 0.931. The number of rotatable bonds is 2. The second-order valence-electron chi connectivity index (χ2n) is 4.53. The van der Waals surface area contributed by atoms with E-state index in [1.54, 1.807) is 12.1 Å². The van der Waals surface area contributed by atoms with Crippen molar-refractivity contribution >= 4 is 15.9 Å². The summed E-state index contributed by atoms with van der Waals surface area (Å²) in [6, 6.07) is 4.86. The fourth-order valence-corrected chi connectivity index (χ4v) is 2.50. The van der Waals surface area contributed by atoms with E-state index in [1.165, 1.54) is 12.5 Å². The summed E-state index contributed by atoms with van der Waals surface area (Å²) in [5.74, 6) is -0.324. The smallest absolute Gasteiger partial charge is 0.137 e. The van der Waals surface area contributed by atoms with Crippen molar-refractivity contribution in [3.05, 3.63) is 34.1 Å². The Morgan fingerprint density at radius 2 is 2.18 bits per heavy atom. The lowest BCUT2D eigenvalue weighted by molar-refractivity contribution is 0.126. The molecule has 2 atom stereocenters. The normalized spacial score (nSPS) is 23.1. The molecule has 2 nitrogen and oxygen atoms in total. The van der Waals surface area contributed by atoms with Crippen molar-refractivity contribution in [3.8, 4) is 0 Å². The summed E-state index contributed by atoms with van der Waals surface area (Å²) in [7, 11) is 0. The van der Waals surface area contributed by atoms with Crippen LogP contribution in [0.15, 0.2) is 22.7 Å². The summed E-state index contributed by atoms with van der Waals surface area (Å²) in [6.07, 6.45) is 3.78. The third kappa shape index (κ3) is 3.27. The van der Waals surface area contributed by atoms with Gasteiger partial charge in [-0.1, -0.05) is 18.9 Å². The van der Waals surface area contributed by atoms with Crippen LogP contribution in [0.4, 0.5) is 4.39 Å². The zero-order valence-electron chi connectivity index (χ0n) is 9.63. The fraction of sp³-hybridized carbons (Fsp3) is 0.538. The second-order valence-corrected chi connectivity index (χ2v) is 5.38. The quantitative estimate of drug-likeness (QED) is 0.879. The van der Waals surface area contributed by atoms with Gasteiger partial charge in [0.2, 0.25) is 0 Å². The Hall–Kier alpha value is -0.450. The Labute approximate surface area is 109 Å². The topological polar surface area (TPSA) is 32.3 Å². The van der Waals surface area contributed by atoms with Crippen LogP contribution in [-0.2, 0) is 0 Å². The Morgan fingerprint density at radius 1 is 1.35 bits per heavy atom. The van der Waals surface area contributed by atoms with Gasteiger partial charge in [0.05, 0.1) is 10.6 Å². The van der Waals surface area contributed by atoms with E-state index in [0.717, 1.165) is 25.8 Å². The van der Waals surface area contributed by atoms with E-state index < -0.39 is 6.10 Å². The predicted octanol–water partition coefficient (Wildman–Crippen LogP) is 3.15. The van der Waals surface area contributed by atoms with Crippen molar-refractivity contribution < 1.29 is 9.50 Å². The maximum Gasteiger partial charge on any atom is 0.137 e. The summed E-state index contributed by atoms with van der Waals surface area (Å²) in [4.78, 5) is 0. The SMILES string of the molecule is OC(c1ccc(Br)c(F)c1)C1CCCCCN1. The van der Waals surface area contributed by atoms with E-state index in [2.05, 4.69) is 21.2 Å². The molecule has 2 N–H and O–H groups in total. The molecular weight excluding hydrogens is 285 g/mol. The van der Waals surface area contributed by atoms with Crippen LogP contribution >= 0.6 is 15.9 Å². The molecule has 1 aliphatic rings. The van der Waals surface area contributed by atoms with Crippen LogP contribution in [0.5, 0.6) is 0 Å². The first-order chi connectivity index (χ1) is 8.18. The number of aliphatic hydroxyl groups is 1. The standard InChI is InChI=1S/C13H17BrFNO/c14-10-6-5-9(8-11(10)15)13(17)12-4-2-1-3-7-16-12/h5-6,8,12-13,16-17H,1-4,7H2. The summed E-state index contributed by atoms with van der Waals surface area (Å²) in [5.41, 5.74) is 0.644. The van der Waals surface area contributed by atoms with Crippen molar-refractivity contribution in [1.82, 2.24) is 5.32 Å². The molecule has 0 saturated carbocycles. The maximum atomic E-state index is 13.4. The maximum absolute atomic E-state index is 13.4. The summed E-state index contributed by atoms with van der Waals surface area (Å²) < 4.78 is 13.8. The van der Waals surface area contributed by atoms with Crippen LogP contribution in [0.1, 0.15) is 37.4 Å². The van der Waals surface area contributed by atoms with Gasteiger partial charge in [0, 0.05) is 6.04 Å². The molecule has 17 heavy (non-hydrogen) atoms. The molecule has 0 bridgehead atoms. The monoisotopic (exact) mass is 301 g/mol. The van der Waals surface area contributed by atoms with E-state index in [4.69, 9.17) is 0 Å². The van der Waals surface area contributed by atoms with Gasteiger partial charge in [0.15, 0.2) is 0 Å². The van der Waals surface area contributed by atoms with Gasteiger partial charge in [-0.05, 0) is 53.0 Å². The first-order valence-corrected chi connectivity index (χ1v) is 6.84. The molecule has 1 aromatic rings. The van der Waals surface area contributed by atoms with E-state index in [0.29, 0.717) is 10.0 Å². The van der Waals surface area contributed by atoms with Gasteiger partial charge in [-0.15, -0.1) is 0 Å². The Balaban J connectivity index is 2.11. The van der Waals surface area contributed by atoms with E-state index in [1.807, 2.05) is 0 Å². The third-order valence-corrected chi connectivity index (χ3v) is 3.91. The lowest BCUT2D eigenvalue weighted by Gasteiger charge is -2.22. The lowest BCUT2D eigenvalue weighted by Crippen LogP contribution is -2.34. The van der Waals surface area contributed by atoms with Crippen LogP contribution in [0, 0.1) is 5.82 Å². The molecule has 94 valence electrons. The molecule has 1 fully saturated rings. The molecule has 0 radical (unpaired) electrons. The van der Waals surface area contributed by atoms with Gasteiger partial charge >= 0.3 is 0 Å². The van der Waals surface area contributed by atoms with Gasteiger partial charge < -0.3 is 10.4 Å². The number of hydrogen-bond donors (Lipinski definition) is 2. The van der Waals surface area contributed by atoms with Crippen molar-refractivity contribution in [3.63, 3.8) is 0 Å². The average molecular weight is 302 g/mol. The number of nitrogens with one attached hydrogen (secondary N) is 1. The molecule has 2 unspecified atom stereocenters. The van der Waals surface area contributed by atoms with Gasteiger partial charge in [0.1, 0.15) is 5.82 Å².